The summed E-state index contributed by atoms with van der Waals surface area (Å²) in [5, 5.41) is 19.1. The van der Waals surface area contributed by atoms with Crippen molar-refractivity contribution in [2.45, 2.75) is 0 Å². The van der Waals surface area contributed by atoms with E-state index >= 15 is 0 Å². The van der Waals surface area contributed by atoms with Crippen LogP contribution in [-0.2, 0) is 0 Å². The maximum atomic E-state index is 9.90. The molecule has 0 aliphatic rings. The molecule has 2 rings (SSSR count). The molecule has 2 aromatic carbocycles. The molecule has 0 saturated heterocycles. The first-order valence-electron chi connectivity index (χ1n) is 5.07. The van der Waals surface area contributed by atoms with Crippen LogP contribution in [0.1, 0.15) is 5.56 Å². The fourth-order valence-corrected chi connectivity index (χ4v) is 3.26. The van der Waals surface area contributed by atoms with Gasteiger partial charge in [0.05, 0.1) is 9.26 Å². The van der Waals surface area contributed by atoms with Gasteiger partial charge in [-0.1, -0.05) is 0 Å². The predicted molar refractivity (Wildman–Crippen MR) is 88.9 cm³/mol. The lowest BCUT2D eigenvalue weighted by atomic mass is 10.2. The number of nitrogens with zero attached hydrogens (tertiary/aromatic N) is 1. The maximum Gasteiger partial charge on any atom is 0.137 e. The number of aliphatic imine (C=N–C) groups is 1. The van der Waals surface area contributed by atoms with Gasteiger partial charge in [0.1, 0.15) is 11.5 Å². The summed E-state index contributed by atoms with van der Waals surface area (Å²) in [5.41, 5.74) is 1.40. The van der Waals surface area contributed by atoms with E-state index in [0.717, 1.165) is 12.8 Å². The average Bonchev–Trinajstić information content (AvgIpc) is 2.34. The summed E-state index contributed by atoms with van der Waals surface area (Å²) in [6, 6.07) is 10.3. The van der Waals surface area contributed by atoms with E-state index in [1.165, 1.54) is 0 Å². The van der Waals surface area contributed by atoms with E-state index < -0.39 is 0 Å². The minimum Gasteiger partial charge on any atom is -0.508 e. The Morgan fingerprint density at radius 1 is 1.00 bits per heavy atom. The van der Waals surface area contributed by atoms with Crippen LogP contribution in [0.2, 0.25) is 0 Å². The van der Waals surface area contributed by atoms with Gasteiger partial charge in [-0.3, -0.25) is 4.99 Å². The number of rotatable bonds is 2. The molecule has 2 aromatic rings. The van der Waals surface area contributed by atoms with E-state index in [2.05, 4.69) is 50.2 Å². The zero-order valence-electron chi connectivity index (χ0n) is 9.14. The molecular weight excluding hydrogens is 456 g/mol. The quantitative estimate of drug-likeness (QED) is 0.520. The summed E-state index contributed by atoms with van der Waals surface area (Å²) in [7, 11) is 0. The molecule has 0 radical (unpaired) electrons. The van der Waals surface area contributed by atoms with Crippen LogP contribution >= 0.6 is 45.2 Å². The van der Waals surface area contributed by atoms with Crippen LogP contribution in [0.5, 0.6) is 11.5 Å². The second-order valence-corrected chi connectivity index (χ2v) is 6.01. The highest BCUT2D eigenvalue weighted by atomic mass is 127. The molecule has 0 atom stereocenters. The molecule has 18 heavy (non-hydrogen) atoms. The van der Waals surface area contributed by atoms with Gasteiger partial charge in [-0.05, 0) is 81.6 Å². The number of hydrogen-bond acceptors (Lipinski definition) is 3. The van der Waals surface area contributed by atoms with E-state index in [4.69, 9.17) is 5.11 Å². The SMILES string of the molecule is Oc1ccc(N=Cc2cc(I)cc(I)c2O)cc1. The van der Waals surface area contributed by atoms with Crippen molar-refractivity contribution in [3.05, 3.63) is 49.1 Å². The molecule has 0 aliphatic carbocycles. The smallest absolute Gasteiger partial charge is 0.137 e. The molecule has 0 saturated carbocycles. The lowest BCUT2D eigenvalue weighted by Crippen LogP contribution is -1.87. The van der Waals surface area contributed by atoms with Crippen molar-refractivity contribution in [1.82, 2.24) is 0 Å². The largest absolute Gasteiger partial charge is 0.508 e. The van der Waals surface area contributed by atoms with Gasteiger partial charge in [0, 0.05) is 15.3 Å². The molecule has 0 unspecified atom stereocenters. The number of benzene rings is 2. The Kier molecular flexibility index (Phi) is 4.44. The van der Waals surface area contributed by atoms with Crippen molar-refractivity contribution in [3.63, 3.8) is 0 Å². The minimum atomic E-state index is 0.209. The molecule has 2 N–H and O–H groups in total. The molecule has 0 spiro atoms. The van der Waals surface area contributed by atoms with Crippen LogP contribution < -0.4 is 0 Å². The molecular formula is C13H9I2NO2. The summed E-state index contributed by atoms with van der Waals surface area (Å²) >= 11 is 4.28. The highest BCUT2D eigenvalue weighted by molar-refractivity contribution is 14.1. The van der Waals surface area contributed by atoms with Crippen molar-refractivity contribution in [1.29, 1.82) is 0 Å². The van der Waals surface area contributed by atoms with E-state index in [1.807, 2.05) is 12.1 Å². The summed E-state index contributed by atoms with van der Waals surface area (Å²) in [4.78, 5) is 4.26. The van der Waals surface area contributed by atoms with E-state index in [9.17, 15) is 5.11 Å². The number of phenols is 2. The predicted octanol–water partition coefficient (Wildman–Crippen LogP) is 4.06. The van der Waals surface area contributed by atoms with Crippen LogP contribution in [0, 0.1) is 7.14 Å². The van der Waals surface area contributed by atoms with Crippen LogP contribution in [0.15, 0.2) is 41.4 Å². The Morgan fingerprint density at radius 2 is 1.67 bits per heavy atom. The summed E-state index contributed by atoms with van der Waals surface area (Å²) < 4.78 is 1.84. The third-order valence-corrected chi connectivity index (χ3v) is 3.71. The molecule has 3 nitrogen and oxygen atoms in total. The van der Waals surface area contributed by atoms with Crippen molar-refractivity contribution < 1.29 is 10.2 Å². The first kappa shape index (κ1) is 13.6. The minimum absolute atomic E-state index is 0.209. The second-order valence-electron chi connectivity index (χ2n) is 3.60. The lowest BCUT2D eigenvalue weighted by molar-refractivity contribution is 0.470. The lowest BCUT2D eigenvalue weighted by Gasteiger charge is -2.02. The van der Waals surface area contributed by atoms with Gasteiger partial charge >= 0.3 is 0 Å². The van der Waals surface area contributed by atoms with E-state index in [0.29, 0.717) is 5.56 Å². The van der Waals surface area contributed by atoms with Crippen LogP contribution in [0.3, 0.4) is 0 Å². The third-order valence-electron chi connectivity index (χ3n) is 2.26. The number of phenolic OH excluding ortho intramolecular Hbond substituents is 2. The Bertz CT molecular complexity index is 595. The molecule has 0 aromatic heterocycles. The van der Waals surface area contributed by atoms with Crippen LogP contribution in [0.25, 0.3) is 0 Å². The van der Waals surface area contributed by atoms with Crippen molar-refractivity contribution in [2.24, 2.45) is 4.99 Å². The third kappa shape index (κ3) is 3.35. The molecule has 0 heterocycles. The van der Waals surface area contributed by atoms with Gasteiger partial charge in [-0.2, -0.15) is 0 Å². The second kappa shape index (κ2) is 5.87. The Labute approximate surface area is 132 Å². The highest BCUT2D eigenvalue weighted by Crippen LogP contribution is 2.26. The van der Waals surface area contributed by atoms with Crippen molar-refractivity contribution in [3.8, 4) is 11.5 Å². The van der Waals surface area contributed by atoms with Gasteiger partial charge in [0.15, 0.2) is 0 Å². The Balaban J connectivity index is 2.31. The van der Waals surface area contributed by atoms with Gasteiger partial charge in [-0.15, -0.1) is 0 Å². The first-order valence-corrected chi connectivity index (χ1v) is 7.23. The average molecular weight is 465 g/mol. The van der Waals surface area contributed by atoms with Crippen LogP contribution in [-0.4, -0.2) is 16.4 Å². The summed E-state index contributed by atoms with van der Waals surface area (Å²) in [5.74, 6) is 0.444. The van der Waals surface area contributed by atoms with E-state index in [1.54, 1.807) is 30.5 Å². The molecule has 0 bridgehead atoms. The number of halogens is 2. The zero-order valence-corrected chi connectivity index (χ0v) is 13.5. The van der Waals surface area contributed by atoms with Gasteiger partial charge in [0.2, 0.25) is 0 Å². The fraction of sp³-hybridized carbons (Fsp3) is 0. The zero-order chi connectivity index (χ0) is 13.1. The van der Waals surface area contributed by atoms with Crippen molar-refractivity contribution >= 4 is 57.1 Å². The molecule has 92 valence electrons. The van der Waals surface area contributed by atoms with Gasteiger partial charge < -0.3 is 10.2 Å². The Hall–Kier alpha value is -0.830. The monoisotopic (exact) mass is 465 g/mol. The standard InChI is InChI=1S/C13H9I2NO2/c14-9-5-8(13(18)12(15)6-9)7-16-10-1-3-11(17)4-2-10/h1-7,17-18H. The normalized spacial score (nSPS) is 11.0. The number of hydrogen-bond donors (Lipinski definition) is 2. The highest BCUT2D eigenvalue weighted by Gasteiger charge is 2.04. The number of aromatic hydroxyl groups is 2. The topological polar surface area (TPSA) is 52.8 Å². The summed E-state index contributed by atoms with van der Waals surface area (Å²) in [6.45, 7) is 0. The molecule has 0 fully saturated rings. The molecule has 5 heteroatoms. The van der Waals surface area contributed by atoms with Crippen molar-refractivity contribution in [2.75, 3.05) is 0 Å². The first-order chi connectivity index (χ1) is 8.56. The van der Waals surface area contributed by atoms with Gasteiger partial charge in [0.25, 0.3) is 0 Å². The Morgan fingerprint density at radius 3 is 2.33 bits per heavy atom. The van der Waals surface area contributed by atoms with Crippen LogP contribution in [0.4, 0.5) is 5.69 Å². The molecule has 0 aliphatic heterocycles. The molecule has 0 amide bonds. The van der Waals surface area contributed by atoms with E-state index in [-0.39, 0.29) is 11.5 Å². The van der Waals surface area contributed by atoms with Gasteiger partial charge in [-0.25, -0.2) is 0 Å². The fourth-order valence-electron chi connectivity index (χ4n) is 1.37. The summed E-state index contributed by atoms with van der Waals surface area (Å²) in [6.07, 6.45) is 1.62. The maximum absolute atomic E-state index is 9.90.